The molecule has 1 fully saturated rings. The zero-order valence-corrected chi connectivity index (χ0v) is 14.9. The average molecular weight is 346 g/mol. The summed E-state index contributed by atoms with van der Waals surface area (Å²) in [4.78, 5) is 0. The van der Waals surface area contributed by atoms with Crippen LogP contribution in [0.1, 0.15) is 24.0 Å². The Bertz CT molecular complexity index is 1110. The van der Waals surface area contributed by atoms with Gasteiger partial charge >= 0.3 is 0 Å². The lowest BCUT2D eigenvalue weighted by Crippen LogP contribution is -2.37. The predicted molar refractivity (Wildman–Crippen MR) is 108 cm³/mol. The van der Waals surface area contributed by atoms with Crippen LogP contribution in [-0.4, -0.2) is 0 Å². The van der Waals surface area contributed by atoms with Gasteiger partial charge in [0, 0.05) is 23.5 Å². The van der Waals surface area contributed by atoms with Gasteiger partial charge < -0.3 is 4.74 Å². The standard InChI is InChI=1S/C26H18O/c1-2-10-18-19-11-4-5-13-21(19)26(20(18)12-3-1)22-14-6-8-16-24(22)27-25-17-9-7-15-23(25)26/h4-12,14-17,21H,2,13H2/t21-/m0/s1. The molecule has 2 aromatic rings. The molecule has 1 heterocycles. The van der Waals surface area contributed by atoms with Crippen LogP contribution in [0.4, 0.5) is 0 Å². The molecule has 0 N–H and O–H groups in total. The predicted octanol–water partition coefficient (Wildman–Crippen LogP) is 5.85. The molecule has 0 aromatic heterocycles. The van der Waals surface area contributed by atoms with E-state index in [1.165, 1.54) is 27.8 Å². The van der Waals surface area contributed by atoms with Crippen molar-refractivity contribution < 1.29 is 4.74 Å². The molecule has 1 saturated carbocycles. The first kappa shape index (κ1) is 14.9. The van der Waals surface area contributed by atoms with Crippen LogP contribution >= 0.6 is 0 Å². The number of fused-ring (bicyclic) bond motifs is 9. The van der Waals surface area contributed by atoms with E-state index in [9.17, 15) is 0 Å². The van der Waals surface area contributed by atoms with Gasteiger partial charge in [-0.2, -0.15) is 0 Å². The quantitative estimate of drug-likeness (QED) is 0.543. The number of rotatable bonds is 0. The number of benzene rings is 2. The highest BCUT2D eigenvalue weighted by Crippen LogP contribution is 2.65. The minimum absolute atomic E-state index is 0.243. The number of para-hydroxylation sites is 2. The number of hydrogen-bond donors (Lipinski definition) is 0. The van der Waals surface area contributed by atoms with Crippen molar-refractivity contribution >= 4 is 0 Å². The van der Waals surface area contributed by atoms with Crippen LogP contribution in [0.2, 0.25) is 0 Å². The van der Waals surface area contributed by atoms with E-state index in [1.807, 2.05) is 0 Å². The van der Waals surface area contributed by atoms with Gasteiger partial charge in [0.05, 0.1) is 5.41 Å². The molecule has 4 aliphatic rings. The van der Waals surface area contributed by atoms with Gasteiger partial charge in [-0.3, -0.25) is 0 Å². The Morgan fingerprint density at radius 2 is 1.70 bits per heavy atom. The summed E-state index contributed by atoms with van der Waals surface area (Å²) in [6.45, 7) is 0. The summed E-state index contributed by atoms with van der Waals surface area (Å²) in [5.74, 6) is 8.86. The van der Waals surface area contributed by atoms with E-state index in [0.717, 1.165) is 24.3 Å². The van der Waals surface area contributed by atoms with E-state index in [0.29, 0.717) is 5.92 Å². The summed E-state index contributed by atoms with van der Waals surface area (Å²) < 4.78 is 6.33. The van der Waals surface area contributed by atoms with E-state index >= 15 is 0 Å². The minimum Gasteiger partial charge on any atom is -0.457 e. The molecular formula is C26H18O. The molecule has 1 heteroatoms. The lowest BCUT2D eigenvalue weighted by Gasteiger charge is -2.42. The fraction of sp³-hybridized carbons (Fsp3) is 0.154. The van der Waals surface area contributed by atoms with Crippen LogP contribution in [0.5, 0.6) is 11.5 Å². The maximum atomic E-state index is 6.33. The molecule has 0 bridgehead atoms. The van der Waals surface area contributed by atoms with Crippen molar-refractivity contribution in [1.82, 2.24) is 0 Å². The third-order valence-corrected chi connectivity index (χ3v) is 6.28. The first-order valence-electron chi connectivity index (χ1n) is 9.54. The molecule has 2 aromatic carbocycles. The number of hydrogen-bond acceptors (Lipinski definition) is 1. The molecule has 0 amide bonds. The Morgan fingerprint density at radius 1 is 0.963 bits per heavy atom. The van der Waals surface area contributed by atoms with E-state index < -0.39 is 0 Å². The van der Waals surface area contributed by atoms with Crippen molar-refractivity contribution in [2.75, 3.05) is 0 Å². The zero-order chi connectivity index (χ0) is 17.8. The lowest BCUT2D eigenvalue weighted by molar-refractivity contribution is 0.375. The van der Waals surface area contributed by atoms with Gasteiger partial charge in [0.2, 0.25) is 0 Å². The monoisotopic (exact) mass is 346 g/mol. The van der Waals surface area contributed by atoms with E-state index in [2.05, 4.69) is 90.8 Å². The van der Waals surface area contributed by atoms with Gasteiger partial charge in [0.1, 0.15) is 11.5 Å². The Hall–Kier alpha value is -3.24. The van der Waals surface area contributed by atoms with E-state index in [-0.39, 0.29) is 5.41 Å². The number of ether oxygens (including phenoxy) is 1. The van der Waals surface area contributed by atoms with Crippen LogP contribution in [0.15, 0.2) is 95.6 Å². The fourth-order valence-electron chi connectivity index (χ4n) is 5.32. The second-order valence-electron chi connectivity index (χ2n) is 7.44. The summed E-state index contributed by atoms with van der Waals surface area (Å²) in [5.41, 5.74) is 6.39. The van der Waals surface area contributed by atoms with Crippen molar-refractivity contribution in [3.8, 4) is 23.3 Å². The summed E-state index contributed by atoms with van der Waals surface area (Å²) in [5, 5.41) is 0. The molecule has 0 radical (unpaired) electrons. The van der Waals surface area contributed by atoms with Crippen molar-refractivity contribution in [3.05, 3.63) is 107 Å². The van der Waals surface area contributed by atoms with Crippen LogP contribution in [0.3, 0.4) is 0 Å². The lowest BCUT2D eigenvalue weighted by atomic mass is 9.62. The second kappa shape index (κ2) is 5.38. The maximum Gasteiger partial charge on any atom is 0.131 e. The molecule has 6 rings (SSSR count). The normalized spacial score (nSPS) is 22.5. The Morgan fingerprint density at radius 3 is 2.48 bits per heavy atom. The summed E-state index contributed by atoms with van der Waals surface area (Å²) in [6.07, 6.45) is 13.1. The summed E-state index contributed by atoms with van der Waals surface area (Å²) in [6, 6.07) is 17.1. The van der Waals surface area contributed by atoms with Crippen LogP contribution in [-0.2, 0) is 5.41 Å². The molecule has 27 heavy (non-hydrogen) atoms. The second-order valence-corrected chi connectivity index (χ2v) is 7.44. The highest BCUT2D eigenvalue weighted by atomic mass is 16.5. The average Bonchev–Trinajstić information content (AvgIpc) is 2.86. The van der Waals surface area contributed by atoms with Gasteiger partial charge in [-0.15, -0.1) is 0 Å². The summed E-state index contributed by atoms with van der Waals surface area (Å²) >= 11 is 0. The molecule has 0 saturated heterocycles. The van der Waals surface area contributed by atoms with E-state index in [4.69, 9.17) is 4.74 Å². The minimum atomic E-state index is -0.243. The van der Waals surface area contributed by atoms with Gasteiger partial charge in [-0.1, -0.05) is 72.5 Å². The van der Waals surface area contributed by atoms with Gasteiger partial charge in [-0.05, 0) is 41.3 Å². The van der Waals surface area contributed by atoms with Gasteiger partial charge in [-0.25, -0.2) is 0 Å². The highest BCUT2D eigenvalue weighted by Gasteiger charge is 2.57. The molecular weight excluding hydrogens is 328 g/mol. The first-order valence-corrected chi connectivity index (χ1v) is 9.54. The Balaban J connectivity index is 1.78. The number of allylic oxidation sites excluding steroid dienone is 8. The maximum absolute atomic E-state index is 6.33. The van der Waals surface area contributed by atoms with Gasteiger partial charge in [0.15, 0.2) is 0 Å². The van der Waals surface area contributed by atoms with Crippen molar-refractivity contribution in [2.45, 2.75) is 18.3 Å². The summed E-state index contributed by atoms with van der Waals surface area (Å²) in [7, 11) is 0. The molecule has 0 unspecified atom stereocenters. The third-order valence-electron chi connectivity index (χ3n) is 6.28. The SMILES string of the molecule is C1#CCC=C2C3=CC=CC[C@@H]3C3(C2=C1)c1ccccc1Oc1ccccc13. The Kier molecular flexibility index (Phi) is 2.96. The van der Waals surface area contributed by atoms with Crippen LogP contribution in [0.25, 0.3) is 0 Å². The molecule has 1 aliphatic heterocycles. The van der Waals surface area contributed by atoms with Crippen molar-refractivity contribution in [1.29, 1.82) is 0 Å². The van der Waals surface area contributed by atoms with Crippen LogP contribution in [0, 0.1) is 17.8 Å². The molecule has 128 valence electrons. The topological polar surface area (TPSA) is 9.23 Å². The third kappa shape index (κ3) is 1.80. The first-order chi connectivity index (χ1) is 13.4. The smallest absolute Gasteiger partial charge is 0.131 e. The molecule has 3 aliphatic carbocycles. The highest BCUT2D eigenvalue weighted by molar-refractivity contribution is 5.76. The Labute approximate surface area is 159 Å². The fourth-order valence-corrected chi connectivity index (χ4v) is 5.32. The zero-order valence-electron chi connectivity index (χ0n) is 14.9. The van der Waals surface area contributed by atoms with E-state index in [1.54, 1.807) is 0 Å². The molecule has 1 nitrogen and oxygen atoms in total. The largest absolute Gasteiger partial charge is 0.457 e. The molecule has 1 atom stereocenters. The van der Waals surface area contributed by atoms with Crippen molar-refractivity contribution in [2.24, 2.45) is 5.92 Å². The van der Waals surface area contributed by atoms with Crippen LogP contribution < -0.4 is 4.74 Å². The van der Waals surface area contributed by atoms with Crippen molar-refractivity contribution in [3.63, 3.8) is 0 Å². The molecule has 1 spiro atoms. The van der Waals surface area contributed by atoms with Gasteiger partial charge in [0.25, 0.3) is 0 Å².